The van der Waals surface area contributed by atoms with Crippen molar-refractivity contribution in [3.05, 3.63) is 11.8 Å². The fourth-order valence-corrected chi connectivity index (χ4v) is 1.64. The molecule has 0 aromatic carbocycles. The van der Waals surface area contributed by atoms with E-state index in [1.807, 2.05) is 26.8 Å². The van der Waals surface area contributed by atoms with Gasteiger partial charge in [0.05, 0.1) is 12.7 Å². The Bertz CT molecular complexity index is 399. The third-order valence-electron chi connectivity index (χ3n) is 2.64. The number of aromatic nitrogens is 2. The maximum Gasteiger partial charge on any atom is 0.226 e. The van der Waals surface area contributed by atoms with E-state index in [4.69, 9.17) is 9.47 Å². The number of rotatable bonds is 9. The van der Waals surface area contributed by atoms with Crippen LogP contribution in [0.15, 0.2) is 6.07 Å². The molecule has 0 fully saturated rings. The molecule has 6 heteroatoms. The number of nitrogens with zero attached hydrogens (tertiary/aromatic N) is 3. The number of anilines is 1. The van der Waals surface area contributed by atoms with E-state index in [-0.39, 0.29) is 6.10 Å². The van der Waals surface area contributed by atoms with Gasteiger partial charge in [0.1, 0.15) is 0 Å². The summed E-state index contributed by atoms with van der Waals surface area (Å²) in [6.07, 6.45) is 0.109. The van der Waals surface area contributed by atoms with Gasteiger partial charge in [-0.15, -0.1) is 0 Å². The summed E-state index contributed by atoms with van der Waals surface area (Å²) < 4.78 is 10.6. The first-order valence-corrected chi connectivity index (χ1v) is 6.95. The van der Waals surface area contributed by atoms with Crippen molar-refractivity contribution in [1.29, 1.82) is 0 Å². The van der Waals surface area contributed by atoms with Crippen molar-refractivity contribution in [3.63, 3.8) is 0 Å². The minimum atomic E-state index is 0.109. The van der Waals surface area contributed by atoms with Crippen LogP contribution in [0.3, 0.4) is 0 Å². The fraction of sp³-hybridized carbons (Fsp3) is 0.714. The van der Waals surface area contributed by atoms with Gasteiger partial charge < -0.3 is 19.7 Å². The SMILES string of the molecule is COCCN(C)CCNc1nc(C)cc(OC(C)C)n1. The molecule has 1 N–H and O–H groups in total. The van der Waals surface area contributed by atoms with E-state index in [0.29, 0.717) is 11.8 Å². The average Bonchev–Trinajstić information content (AvgIpc) is 2.34. The van der Waals surface area contributed by atoms with Crippen molar-refractivity contribution in [2.24, 2.45) is 0 Å². The molecule has 0 bridgehead atoms. The zero-order chi connectivity index (χ0) is 15.0. The van der Waals surface area contributed by atoms with E-state index in [1.165, 1.54) is 0 Å². The number of methoxy groups -OCH3 is 1. The van der Waals surface area contributed by atoms with Gasteiger partial charge in [0.2, 0.25) is 11.8 Å². The second-order valence-corrected chi connectivity index (χ2v) is 5.06. The highest BCUT2D eigenvalue weighted by Gasteiger charge is 2.05. The average molecular weight is 282 g/mol. The van der Waals surface area contributed by atoms with E-state index in [9.17, 15) is 0 Å². The van der Waals surface area contributed by atoms with Gasteiger partial charge in [-0.1, -0.05) is 0 Å². The number of hydrogen-bond acceptors (Lipinski definition) is 6. The molecule has 1 rings (SSSR count). The molecule has 0 aliphatic heterocycles. The number of nitrogens with one attached hydrogen (secondary N) is 1. The second kappa shape index (κ2) is 8.71. The molecular formula is C14H26N4O2. The van der Waals surface area contributed by atoms with Crippen LogP contribution in [0.5, 0.6) is 5.88 Å². The third kappa shape index (κ3) is 6.68. The highest BCUT2D eigenvalue weighted by atomic mass is 16.5. The summed E-state index contributed by atoms with van der Waals surface area (Å²) in [4.78, 5) is 10.9. The minimum absolute atomic E-state index is 0.109. The van der Waals surface area contributed by atoms with Gasteiger partial charge in [0, 0.05) is 38.5 Å². The Morgan fingerprint density at radius 2 is 2.05 bits per heavy atom. The molecule has 0 spiro atoms. The van der Waals surface area contributed by atoms with Crippen molar-refractivity contribution >= 4 is 5.95 Å². The Kier molecular flexibility index (Phi) is 7.25. The first-order chi connectivity index (χ1) is 9.51. The molecule has 1 aromatic rings. The van der Waals surface area contributed by atoms with Crippen molar-refractivity contribution in [1.82, 2.24) is 14.9 Å². The normalized spacial score (nSPS) is 11.2. The minimum Gasteiger partial charge on any atom is -0.475 e. The predicted octanol–water partition coefficient (Wildman–Crippen LogP) is 1.56. The lowest BCUT2D eigenvalue weighted by atomic mass is 10.4. The van der Waals surface area contributed by atoms with Crippen LogP contribution in [-0.2, 0) is 4.74 Å². The van der Waals surface area contributed by atoms with Gasteiger partial charge in [-0.05, 0) is 27.8 Å². The Morgan fingerprint density at radius 1 is 1.30 bits per heavy atom. The molecule has 0 radical (unpaired) electrons. The van der Waals surface area contributed by atoms with Gasteiger partial charge in [-0.3, -0.25) is 0 Å². The van der Waals surface area contributed by atoms with E-state index < -0.39 is 0 Å². The lowest BCUT2D eigenvalue weighted by Gasteiger charge is -2.16. The second-order valence-electron chi connectivity index (χ2n) is 5.06. The molecule has 0 amide bonds. The first-order valence-electron chi connectivity index (χ1n) is 6.95. The summed E-state index contributed by atoms with van der Waals surface area (Å²) >= 11 is 0. The molecule has 1 aromatic heterocycles. The predicted molar refractivity (Wildman–Crippen MR) is 80.4 cm³/mol. The molecule has 1 heterocycles. The molecular weight excluding hydrogens is 256 g/mol. The number of aryl methyl sites for hydroxylation is 1. The van der Waals surface area contributed by atoms with Gasteiger partial charge in [-0.2, -0.15) is 4.98 Å². The van der Waals surface area contributed by atoms with Crippen molar-refractivity contribution in [2.45, 2.75) is 26.9 Å². The Labute approximate surface area is 121 Å². The van der Waals surface area contributed by atoms with Gasteiger partial charge >= 0.3 is 0 Å². The summed E-state index contributed by atoms with van der Waals surface area (Å²) in [5.74, 6) is 1.23. The zero-order valence-corrected chi connectivity index (χ0v) is 13.1. The van der Waals surface area contributed by atoms with Crippen LogP contribution in [0, 0.1) is 6.92 Å². The molecule has 20 heavy (non-hydrogen) atoms. The van der Waals surface area contributed by atoms with Crippen LogP contribution in [0.4, 0.5) is 5.95 Å². The standard InChI is InChI=1S/C14H26N4O2/c1-11(2)20-13-10-12(3)16-14(17-13)15-6-7-18(4)8-9-19-5/h10-11H,6-9H2,1-5H3,(H,15,16,17). The molecule has 0 unspecified atom stereocenters. The van der Waals surface area contributed by atoms with Crippen LogP contribution < -0.4 is 10.1 Å². The highest BCUT2D eigenvalue weighted by molar-refractivity contribution is 5.30. The lowest BCUT2D eigenvalue weighted by Crippen LogP contribution is -2.28. The maximum atomic E-state index is 5.60. The Balaban J connectivity index is 2.45. The van der Waals surface area contributed by atoms with Crippen LogP contribution in [0.1, 0.15) is 19.5 Å². The number of hydrogen-bond donors (Lipinski definition) is 1. The quantitative estimate of drug-likeness (QED) is 0.742. The van der Waals surface area contributed by atoms with Crippen molar-refractivity contribution in [2.75, 3.05) is 45.7 Å². The lowest BCUT2D eigenvalue weighted by molar-refractivity contribution is 0.163. The summed E-state index contributed by atoms with van der Waals surface area (Å²) in [6.45, 7) is 9.24. The third-order valence-corrected chi connectivity index (χ3v) is 2.64. The molecule has 6 nitrogen and oxygen atoms in total. The molecule has 0 aliphatic carbocycles. The molecule has 0 saturated carbocycles. The van der Waals surface area contributed by atoms with Gasteiger partial charge in [-0.25, -0.2) is 4.98 Å². The van der Waals surface area contributed by atoms with Crippen molar-refractivity contribution in [3.8, 4) is 5.88 Å². The van der Waals surface area contributed by atoms with E-state index in [0.717, 1.165) is 31.9 Å². The summed E-state index contributed by atoms with van der Waals surface area (Å²) in [7, 11) is 3.77. The summed E-state index contributed by atoms with van der Waals surface area (Å²) in [5, 5.41) is 3.22. The molecule has 0 aliphatic rings. The molecule has 0 atom stereocenters. The monoisotopic (exact) mass is 282 g/mol. The maximum absolute atomic E-state index is 5.60. The Hall–Kier alpha value is -1.40. The summed E-state index contributed by atoms with van der Waals surface area (Å²) in [6, 6.07) is 1.84. The van der Waals surface area contributed by atoms with Crippen LogP contribution in [0.25, 0.3) is 0 Å². The fourth-order valence-electron chi connectivity index (χ4n) is 1.64. The van der Waals surface area contributed by atoms with Crippen LogP contribution in [0.2, 0.25) is 0 Å². The van der Waals surface area contributed by atoms with Crippen LogP contribution >= 0.6 is 0 Å². The van der Waals surface area contributed by atoms with E-state index in [1.54, 1.807) is 7.11 Å². The van der Waals surface area contributed by atoms with Gasteiger partial charge in [0.25, 0.3) is 0 Å². The largest absolute Gasteiger partial charge is 0.475 e. The van der Waals surface area contributed by atoms with E-state index >= 15 is 0 Å². The number of likely N-dealkylation sites (N-methyl/N-ethyl adjacent to an activating group) is 1. The first kappa shape index (κ1) is 16.7. The molecule has 114 valence electrons. The van der Waals surface area contributed by atoms with Crippen molar-refractivity contribution < 1.29 is 9.47 Å². The van der Waals surface area contributed by atoms with Gasteiger partial charge in [0.15, 0.2) is 0 Å². The van der Waals surface area contributed by atoms with E-state index in [2.05, 4.69) is 27.2 Å². The smallest absolute Gasteiger partial charge is 0.226 e. The zero-order valence-electron chi connectivity index (χ0n) is 13.1. The highest BCUT2D eigenvalue weighted by Crippen LogP contribution is 2.13. The number of ether oxygens (including phenoxy) is 2. The molecule has 0 saturated heterocycles. The Morgan fingerprint density at radius 3 is 2.70 bits per heavy atom. The topological polar surface area (TPSA) is 59.5 Å². The summed E-state index contributed by atoms with van der Waals surface area (Å²) in [5.41, 5.74) is 0.894. The van der Waals surface area contributed by atoms with Crippen LogP contribution in [-0.4, -0.2) is 61.4 Å².